The van der Waals surface area contributed by atoms with Crippen molar-refractivity contribution in [2.24, 2.45) is 5.41 Å². The van der Waals surface area contributed by atoms with Gasteiger partial charge >= 0.3 is 5.97 Å². The van der Waals surface area contributed by atoms with Crippen molar-refractivity contribution < 1.29 is 18.9 Å². The Hall–Kier alpha value is -0.910. The number of hydrogen-bond acceptors (Lipinski definition) is 3. The van der Waals surface area contributed by atoms with E-state index < -0.39 is 22.2 Å². The molecule has 0 saturated carbocycles. The predicted octanol–water partition coefficient (Wildman–Crippen LogP) is 0.761. The summed E-state index contributed by atoms with van der Waals surface area (Å²) in [4.78, 5) is 22.3. The molecule has 17 heavy (non-hydrogen) atoms. The molecule has 0 rings (SSSR count). The lowest BCUT2D eigenvalue weighted by molar-refractivity contribution is -0.149. The van der Waals surface area contributed by atoms with Gasteiger partial charge in [-0.3, -0.25) is 13.8 Å². The van der Waals surface area contributed by atoms with Crippen LogP contribution in [0.5, 0.6) is 0 Å². The molecular formula is C11H21NO4S. The standard InChI is InChI=1S/C11H21NO4S/c1-8(17(4)16)5-6-12-9(13)7-11(2,3)10(14)15/h8H,5-7H2,1-4H3,(H,12,13)(H,14,15). The van der Waals surface area contributed by atoms with Gasteiger partial charge in [0, 0.05) is 35.3 Å². The first-order valence-electron chi connectivity index (χ1n) is 5.49. The fourth-order valence-electron chi connectivity index (χ4n) is 1.12. The zero-order valence-corrected chi connectivity index (χ0v) is 11.6. The Labute approximate surface area is 104 Å². The maximum absolute atomic E-state index is 11.5. The summed E-state index contributed by atoms with van der Waals surface area (Å²) in [7, 11) is -0.897. The molecule has 0 aliphatic carbocycles. The van der Waals surface area contributed by atoms with E-state index in [4.69, 9.17) is 5.11 Å². The Morgan fingerprint density at radius 1 is 1.41 bits per heavy atom. The van der Waals surface area contributed by atoms with Gasteiger partial charge in [-0.15, -0.1) is 0 Å². The van der Waals surface area contributed by atoms with Crippen molar-refractivity contribution in [1.29, 1.82) is 0 Å². The van der Waals surface area contributed by atoms with Gasteiger partial charge in [0.25, 0.3) is 0 Å². The normalized spacial score (nSPS) is 15.1. The van der Waals surface area contributed by atoms with Gasteiger partial charge in [-0.05, 0) is 20.3 Å². The van der Waals surface area contributed by atoms with Gasteiger partial charge in [0.05, 0.1) is 5.41 Å². The SMILES string of the molecule is CC(CCNC(=O)CC(C)(C)C(=O)O)S(C)=O. The molecule has 0 aliphatic rings. The monoisotopic (exact) mass is 263 g/mol. The molecule has 0 saturated heterocycles. The zero-order valence-electron chi connectivity index (χ0n) is 10.8. The molecule has 0 radical (unpaired) electrons. The van der Waals surface area contributed by atoms with Crippen molar-refractivity contribution in [3.8, 4) is 0 Å². The van der Waals surface area contributed by atoms with Crippen LogP contribution in [0.25, 0.3) is 0 Å². The fourth-order valence-corrected chi connectivity index (χ4v) is 1.57. The van der Waals surface area contributed by atoms with E-state index in [1.54, 1.807) is 6.26 Å². The van der Waals surface area contributed by atoms with Crippen LogP contribution in [-0.4, -0.2) is 39.2 Å². The van der Waals surface area contributed by atoms with E-state index in [9.17, 15) is 13.8 Å². The Kier molecular flexibility index (Phi) is 6.37. The van der Waals surface area contributed by atoms with Crippen molar-refractivity contribution in [2.45, 2.75) is 38.9 Å². The number of rotatable bonds is 7. The van der Waals surface area contributed by atoms with Crippen molar-refractivity contribution in [2.75, 3.05) is 12.8 Å². The van der Waals surface area contributed by atoms with Crippen LogP contribution in [0, 0.1) is 5.41 Å². The van der Waals surface area contributed by atoms with Crippen LogP contribution in [-0.2, 0) is 20.4 Å². The average Bonchev–Trinajstić information content (AvgIpc) is 2.16. The number of carbonyl (C=O) groups is 2. The summed E-state index contributed by atoms with van der Waals surface area (Å²) < 4.78 is 11.1. The Morgan fingerprint density at radius 2 is 1.94 bits per heavy atom. The molecule has 0 aliphatic heterocycles. The molecule has 0 heterocycles. The van der Waals surface area contributed by atoms with E-state index in [0.29, 0.717) is 13.0 Å². The number of aliphatic carboxylic acids is 1. The van der Waals surface area contributed by atoms with E-state index in [1.807, 2.05) is 6.92 Å². The number of carbonyl (C=O) groups excluding carboxylic acids is 1. The van der Waals surface area contributed by atoms with E-state index >= 15 is 0 Å². The summed E-state index contributed by atoms with van der Waals surface area (Å²) in [6.45, 7) is 5.30. The zero-order chi connectivity index (χ0) is 13.6. The van der Waals surface area contributed by atoms with E-state index in [2.05, 4.69) is 5.32 Å². The summed E-state index contributed by atoms with van der Waals surface area (Å²) in [5, 5.41) is 11.5. The summed E-state index contributed by atoms with van der Waals surface area (Å²) in [6.07, 6.45) is 2.20. The van der Waals surface area contributed by atoms with Crippen LogP contribution in [0.15, 0.2) is 0 Å². The molecule has 2 N–H and O–H groups in total. The molecule has 5 nitrogen and oxygen atoms in total. The largest absolute Gasteiger partial charge is 0.481 e. The van der Waals surface area contributed by atoms with Crippen molar-refractivity contribution in [1.82, 2.24) is 5.32 Å². The molecule has 0 aromatic heterocycles. The van der Waals surface area contributed by atoms with E-state index in [0.717, 1.165) is 0 Å². The third-order valence-corrected chi connectivity index (χ3v) is 3.99. The molecule has 0 aromatic rings. The van der Waals surface area contributed by atoms with E-state index in [-0.39, 0.29) is 17.6 Å². The number of amides is 1. The number of carboxylic acid groups (broad SMARTS) is 1. The lowest BCUT2D eigenvalue weighted by Crippen LogP contribution is -2.34. The Morgan fingerprint density at radius 3 is 2.35 bits per heavy atom. The van der Waals surface area contributed by atoms with E-state index in [1.165, 1.54) is 13.8 Å². The molecule has 2 atom stereocenters. The molecule has 0 fully saturated rings. The lowest BCUT2D eigenvalue weighted by atomic mass is 9.89. The highest BCUT2D eigenvalue weighted by molar-refractivity contribution is 7.84. The third kappa shape index (κ3) is 6.41. The second-order valence-corrected chi connectivity index (χ2v) is 6.62. The lowest BCUT2D eigenvalue weighted by Gasteiger charge is -2.18. The quantitative estimate of drug-likeness (QED) is 0.710. The summed E-state index contributed by atoms with van der Waals surface area (Å²) in [5.74, 6) is -1.28. The Balaban J connectivity index is 3.97. The van der Waals surface area contributed by atoms with Gasteiger partial charge < -0.3 is 10.4 Å². The van der Waals surface area contributed by atoms with Crippen LogP contribution in [0.1, 0.15) is 33.6 Å². The number of nitrogens with one attached hydrogen (secondary N) is 1. The number of carboxylic acids is 1. The summed E-state index contributed by atoms with van der Waals surface area (Å²) >= 11 is 0. The van der Waals surface area contributed by atoms with Gasteiger partial charge in [0.1, 0.15) is 0 Å². The minimum atomic E-state index is -1.05. The highest BCUT2D eigenvalue weighted by Crippen LogP contribution is 2.19. The van der Waals surface area contributed by atoms with Crippen LogP contribution in [0.4, 0.5) is 0 Å². The topological polar surface area (TPSA) is 83.5 Å². The molecule has 0 aromatic carbocycles. The first-order chi connectivity index (χ1) is 7.66. The smallest absolute Gasteiger partial charge is 0.309 e. The van der Waals surface area contributed by atoms with Crippen molar-refractivity contribution >= 4 is 22.7 Å². The first-order valence-corrected chi connectivity index (χ1v) is 7.11. The molecule has 1 amide bonds. The van der Waals surface area contributed by atoms with Gasteiger partial charge in [-0.2, -0.15) is 0 Å². The second kappa shape index (κ2) is 6.74. The molecule has 0 bridgehead atoms. The average molecular weight is 263 g/mol. The highest BCUT2D eigenvalue weighted by Gasteiger charge is 2.29. The fraction of sp³-hybridized carbons (Fsp3) is 0.818. The first kappa shape index (κ1) is 16.1. The maximum Gasteiger partial charge on any atom is 0.309 e. The van der Waals surface area contributed by atoms with Gasteiger partial charge in [-0.25, -0.2) is 0 Å². The van der Waals surface area contributed by atoms with Crippen molar-refractivity contribution in [3.63, 3.8) is 0 Å². The van der Waals surface area contributed by atoms with Crippen LogP contribution >= 0.6 is 0 Å². The van der Waals surface area contributed by atoms with Gasteiger partial charge in [0.2, 0.25) is 5.91 Å². The molecule has 2 unspecified atom stereocenters. The molecule has 0 spiro atoms. The van der Waals surface area contributed by atoms with Crippen LogP contribution < -0.4 is 5.32 Å². The molecule has 100 valence electrons. The van der Waals surface area contributed by atoms with Crippen LogP contribution in [0.2, 0.25) is 0 Å². The Bertz CT molecular complexity index is 315. The highest BCUT2D eigenvalue weighted by atomic mass is 32.2. The second-order valence-electron chi connectivity index (χ2n) is 4.81. The minimum absolute atomic E-state index is 0.0304. The third-order valence-electron chi connectivity index (χ3n) is 2.62. The number of hydrogen-bond donors (Lipinski definition) is 2. The molecular weight excluding hydrogens is 242 g/mol. The molecule has 6 heteroatoms. The predicted molar refractivity (Wildman–Crippen MR) is 67.2 cm³/mol. The van der Waals surface area contributed by atoms with Crippen LogP contribution in [0.3, 0.4) is 0 Å². The minimum Gasteiger partial charge on any atom is -0.481 e. The summed E-state index contributed by atoms with van der Waals surface area (Å²) in [6, 6.07) is 0. The van der Waals surface area contributed by atoms with Gasteiger partial charge in [0.15, 0.2) is 0 Å². The van der Waals surface area contributed by atoms with Gasteiger partial charge in [-0.1, -0.05) is 6.92 Å². The summed E-state index contributed by atoms with van der Waals surface area (Å²) in [5.41, 5.74) is -1.05. The maximum atomic E-state index is 11.5. The van der Waals surface area contributed by atoms with Crippen molar-refractivity contribution in [3.05, 3.63) is 0 Å².